The zero-order valence-corrected chi connectivity index (χ0v) is 21.5. The Morgan fingerprint density at radius 3 is 2.43 bits per heavy atom. The molecule has 0 radical (unpaired) electrons. The molecule has 2 heterocycles. The molecule has 0 aliphatic carbocycles. The van der Waals surface area contributed by atoms with Crippen molar-refractivity contribution >= 4 is 11.7 Å². The molecule has 2 N–H and O–H groups in total. The van der Waals surface area contributed by atoms with Crippen molar-refractivity contribution in [1.29, 1.82) is 0 Å². The maximum atomic E-state index is 12.9. The molecule has 2 atom stereocenters. The quantitative estimate of drug-likeness (QED) is 0.418. The lowest BCUT2D eigenvalue weighted by atomic mass is 10.00. The Morgan fingerprint density at radius 1 is 0.973 bits per heavy atom. The maximum Gasteiger partial charge on any atom is 0.220 e. The first-order valence-electron chi connectivity index (χ1n) is 12.8. The lowest BCUT2D eigenvalue weighted by Gasteiger charge is -2.29. The summed E-state index contributed by atoms with van der Waals surface area (Å²) in [6.45, 7) is 3.39. The van der Waals surface area contributed by atoms with Gasteiger partial charge in [0.2, 0.25) is 5.91 Å². The van der Waals surface area contributed by atoms with E-state index in [1.54, 1.807) is 37.4 Å². The third-order valence-electron chi connectivity index (χ3n) is 6.80. The van der Waals surface area contributed by atoms with Crippen molar-refractivity contribution in [3.8, 4) is 23.0 Å². The number of nitrogens with zero attached hydrogens (tertiary/aromatic N) is 1. The highest BCUT2D eigenvalue weighted by Gasteiger charge is 2.28. The van der Waals surface area contributed by atoms with Crippen LogP contribution in [0, 0.1) is 0 Å². The summed E-state index contributed by atoms with van der Waals surface area (Å²) < 4.78 is 21.7. The van der Waals surface area contributed by atoms with E-state index in [1.807, 2.05) is 6.07 Å². The maximum absolute atomic E-state index is 12.9. The molecular formula is C28H36N2O7. The third-order valence-corrected chi connectivity index (χ3v) is 6.80. The molecule has 0 saturated carbocycles. The van der Waals surface area contributed by atoms with Crippen molar-refractivity contribution in [2.24, 2.45) is 0 Å². The number of carbonyl (C=O) groups is 2. The number of Topliss-reactive ketones (excluding diaryl/α,β-unsaturated/α-hetero) is 1. The average Bonchev–Trinajstić information content (AvgIpc) is 3.44. The largest absolute Gasteiger partial charge is 0.493 e. The average molecular weight is 513 g/mol. The van der Waals surface area contributed by atoms with E-state index in [-0.39, 0.29) is 24.5 Å². The third kappa shape index (κ3) is 6.93. The number of aliphatic hydroxyl groups is 1. The molecule has 37 heavy (non-hydrogen) atoms. The molecule has 0 bridgehead atoms. The Bertz CT molecular complexity index is 1080. The molecule has 2 aliphatic heterocycles. The van der Waals surface area contributed by atoms with Crippen LogP contribution in [-0.4, -0.2) is 74.8 Å². The zero-order valence-electron chi connectivity index (χ0n) is 21.5. The van der Waals surface area contributed by atoms with E-state index in [4.69, 9.17) is 18.9 Å². The summed E-state index contributed by atoms with van der Waals surface area (Å²) in [5, 5.41) is 14.3. The van der Waals surface area contributed by atoms with Crippen molar-refractivity contribution in [1.82, 2.24) is 10.2 Å². The van der Waals surface area contributed by atoms with Crippen molar-refractivity contribution < 1.29 is 33.6 Å². The molecule has 4 rings (SSSR count). The van der Waals surface area contributed by atoms with Crippen LogP contribution in [0.2, 0.25) is 0 Å². The van der Waals surface area contributed by atoms with Crippen LogP contribution in [-0.2, 0) is 4.79 Å². The first-order chi connectivity index (χ1) is 18.0. The van der Waals surface area contributed by atoms with Gasteiger partial charge in [0, 0.05) is 24.9 Å². The molecule has 2 aliphatic rings. The number of carbonyl (C=O) groups excluding carboxylic acids is 2. The van der Waals surface area contributed by atoms with Gasteiger partial charge in [0.15, 0.2) is 28.8 Å². The van der Waals surface area contributed by atoms with E-state index >= 15 is 0 Å². The summed E-state index contributed by atoms with van der Waals surface area (Å²) in [5.74, 6) is 2.03. The fourth-order valence-corrected chi connectivity index (χ4v) is 4.79. The number of ether oxygens (including phenoxy) is 4. The summed E-state index contributed by atoms with van der Waals surface area (Å²) in [7, 11) is 3.06. The standard InChI is InChI=1S/C28H36N2O7/c1-34-23-10-8-19(16-25(23)35-2)22(31)6-5-7-27(32)29-21(18-30-12-3-4-13-30)28(33)20-9-11-24-26(17-20)37-15-14-36-24/h8-11,16-17,21,28,33H,3-7,12-15,18H2,1-2H3,(H,29,32)/t21-,28?/m1/s1. The number of hydrogen-bond acceptors (Lipinski definition) is 8. The normalized spacial score (nSPS) is 16.6. The molecule has 1 fully saturated rings. The Labute approximate surface area is 217 Å². The predicted molar refractivity (Wildman–Crippen MR) is 138 cm³/mol. The predicted octanol–water partition coefficient (Wildman–Crippen LogP) is 3.14. The fourth-order valence-electron chi connectivity index (χ4n) is 4.79. The van der Waals surface area contributed by atoms with Gasteiger partial charge in [0.05, 0.1) is 20.3 Å². The number of likely N-dealkylation sites (tertiary alicyclic amines) is 1. The number of nitrogens with one attached hydrogen (secondary N) is 1. The lowest BCUT2D eigenvalue weighted by molar-refractivity contribution is -0.123. The Morgan fingerprint density at radius 2 is 1.70 bits per heavy atom. The molecule has 0 aromatic heterocycles. The van der Waals surface area contributed by atoms with Gasteiger partial charge in [-0.3, -0.25) is 9.59 Å². The zero-order chi connectivity index (χ0) is 26.2. The van der Waals surface area contributed by atoms with Crippen molar-refractivity contribution in [3.05, 3.63) is 47.5 Å². The Hall–Kier alpha value is -3.30. The molecule has 200 valence electrons. The monoisotopic (exact) mass is 512 g/mol. The van der Waals surface area contributed by atoms with Gasteiger partial charge in [-0.05, 0) is 68.2 Å². The van der Waals surface area contributed by atoms with Gasteiger partial charge in [-0.1, -0.05) is 6.07 Å². The Kier molecular flexibility index (Phi) is 9.24. The number of rotatable bonds is 12. The van der Waals surface area contributed by atoms with Crippen LogP contribution in [0.15, 0.2) is 36.4 Å². The van der Waals surface area contributed by atoms with Gasteiger partial charge in [-0.2, -0.15) is 0 Å². The molecule has 1 amide bonds. The molecule has 2 aromatic rings. The van der Waals surface area contributed by atoms with Gasteiger partial charge in [-0.15, -0.1) is 0 Å². The molecule has 9 nitrogen and oxygen atoms in total. The van der Waals surface area contributed by atoms with Gasteiger partial charge < -0.3 is 34.3 Å². The molecule has 0 spiro atoms. The van der Waals surface area contributed by atoms with Crippen LogP contribution in [0.4, 0.5) is 0 Å². The Balaban J connectivity index is 1.35. The highest BCUT2D eigenvalue weighted by atomic mass is 16.6. The van der Waals surface area contributed by atoms with Gasteiger partial charge in [0.1, 0.15) is 19.3 Å². The van der Waals surface area contributed by atoms with Crippen LogP contribution in [0.25, 0.3) is 0 Å². The number of fused-ring (bicyclic) bond motifs is 1. The van der Waals surface area contributed by atoms with E-state index in [2.05, 4.69) is 10.2 Å². The van der Waals surface area contributed by atoms with Gasteiger partial charge >= 0.3 is 0 Å². The number of ketones is 1. The van der Waals surface area contributed by atoms with Crippen molar-refractivity contribution in [2.45, 2.75) is 44.2 Å². The summed E-state index contributed by atoms with van der Waals surface area (Å²) in [4.78, 5) is 27.8. The number of hydrogen-bond donors (Lipinski definition) is 2. The first-order valence-corrected chi connectivity index (χ1v) is 12.8. The SMILES string of the molecule is COc1ccc(C(=O)CCCC(=O)N[C@H](CN2CCCC2)C(O)c2ccc3c(c2)OCCO3)cc1OC. The number of methoxy groups -OCH3 is 2. The molecule has 2 aromatic carbocycles. The molecule has 1 saturated heterocycles. The summed E-state index contributed by atoms with van der Waals surface area (Å²) >= 11 is 0. The first kappa shape index (κ1) is 26.8. The van der Waals surface area contributed by atoms with Crippen molar-refractivity contribution in [2.75, 3.05) is 47.1 Å². The van der Waals surface area contributed by atoms with Crippen LogP contribution in [0.3, 0.4) is 0 Å². The number of benzene rings is 2. The smallest absolute Gasteiger partial charge is 0.220 e. The van der Waals surface area contributed by atoms with E-state index < -0.39 is 12.1 Å². The summed E-state index contributed by atoms with van der Waals surface area (Å²) in [6.07, 6.45) is 2.12. The topological polar surface area (TPSA) is 107 Å². The fraction of sp³-hybridized carbons (Fsp3) is 0.500. The second kappa shape index (κ2) is 12.8. The minimum atomic E-state index is -0.909. The lowest BCUT2D eigenvalue weighted by Crippen LogP contribution is -2.46. The van der Waals surface area contributed by atoms with Crippen molar-refractivity contribution in [3.63, 3.8) is 0 Å². The molecular weight excluding hydrogens is 476 g/mol. The second-order valence-electron chi connectivity index (χ2n) is 9.38. The minimum Gasteiger partial charge on any atom is -0.493 e. The number of aliphatic hydroxyl groups excluding tert-OH is 1. The minimum absolute atomic E-state index is 0.0707. The molecule has 9 heteroatoms. The van der Waals surface area contributed by atoms with Crippen LogP contribution in [0.5, 0.6) is 23.0 Å². The van der Waals surface area contributed by atoms with E-state index in [0.717, 1.165) is 25.9 Å². The van der Waals surface area contributed by atoms with E-state index in [0.29, 0.717) is 60.3 Å². The summed E-state index contributed by atoms with van der Waals surface area (Å²) in [5.41, 5.74) is 1.18. The molecule has 1 unspecified atom stereocenters. The second-order valence-corrected chi connectivity index (χ2v) is 9.38. The highest BCUT2D eigenvalue weighted by Crippen LogP contribution is 2.34. The van der Waals surface area contributed by atoms with Crippen LogP contribution < -0.4 is 24.3 Å². The van der Waals surface area contributed by atoms with Crippen LogP contribution in [0.1, 0.15) is 54.1 Å². The van der Waals surface area contributed by atoms with E-state index in [1.165, 1.54) is 7.11 Å². The number of amides is 1. The van der Waals surface area contributed by atoms with Gasteiger partial charge in [0.25, 0.3) is 0 Å². The highest BCUT2D eigenvalue weighted by molar-refractivity contribution is 5.96. The van der Waals surface area contributed by atoms with E-state index in [9.17, 15) is 14.7 Å². The van der Waals surface area contributed by atoms with Crippen LogP contribution >= 0.6 is 0 Å². The summed E-state index contributed by atoms with van der Waals surface area (Å²) in [6, 6.07) is 9.93. The van der Waals surface area contributed by atoms with Gasteiger partial charge in [-0.25, -0.2) is 0 Å².